The van der Waals surface area contributed by atoms with E-state index in [-0.39, 0.29) is 18.1 Å². The van der Waals surface area contributed by atoms with Gasteiger partial charge in [0.1, 0.15) is 5.82 Å². The Morgan fingerprint density at radius 1 is 1.50 bits per heavy atom. The van der Waals surface area contributed by atoms with Crippen molar-refractivity contribution < 1.29 is 9.18 Å². The number of carbonyl (C=O) groups is 1. The van der Waals surface area contributed by atoms with Crippen molar-refractivity contribution in [3.8, 4) is 0 Å². The predicted molar refractivity (Wildman–Crippen MR) is 67.4 cm³/mol. The second-order valence-electron chi connectivity index (χ2n) is 3.94. The van der Waals surface area contributed by atoms with Gasteiger partial charge < -0.3 is 0 Å². The Bertz CT molecular complexity index is 580. The third-order valence-electron chi connectivity index (χ3n) is 2.62. The molecule has 18 heavy (non-hydrogen) atoms. The van der Waals surface area contributed by atoms with Gasteiger partial charge in [0.05, 0.1) is 18.3 Å². The minimum Gasteiger partial charge on any atom is -0.294 e. The van der Waals surface area contributed by atoms with E-state index in [4.69, 9.17) is 11.6 Å². The monoisotopic (exact) mass is 266 g/mol. The van der Waals surface area contributed by atoms with E-state index >= 15 is 0 Å². The molecule has 0 saturated carbocycles. The number of Topliss-reactive ketones (excluding diaryl/α,β-unsaturated/α-hetero) is 1. The lowest BCUT2D eigenvalue weighted by molar-refractivity contribution is 0.0988. The van der Waals surface area contributed by atoms with Crippen molar-refractivity contribution in [3.05, 3.63) is 52.6 Å². The number of ketones is 1. The smallest absolute Gasteiger partial charge is 0.165 e. The molecule has 0 bridgehead atoms. The molecule has 0 aliphatic heterocycles. The van der Waals surface area contributed by atoms with Crippen LogP contribution < -0.4 is 0 Å². The number of rotatable bonds is 4. The number of carbonyl (C=O) groups excluding carboxylic acids is 1. The van der Waals surface area contributed by atoms with Gasteiger partial charge in [0, 0.05) is 23.2 Å². The van der Waals surface area contributed by atoms with Crippen LogP contribution in [0.25, 0.3) is 0 Å². The van der Waals surface area contributed by atoms with Gasteiger partial charge >= 0.3 is 0 Å². The summed E-state index contributed by atoms with van der Waals surface area (Å²) in [6.07, 6.45) is 3.54. The normalized spacial score (nSPS) is 10.6. The fourth-order valence-corrected chi connectivity index (χ4v) is 1.83. The molecule has 0 saturated heterocycles. The van der Waals surface area contributed by atoms with Crippen molar-refractivity contribution >= 4 is 17.4 Å². The Kier molecular flexibility index (Phi) is 3.77. The lowest BCUT2D eigenvalue weighted by Crippen LogP contribution is -2.02. The quantitative estimate of drug-likeness (QED) is 0.796. The Morgan fingerprint density at radius 3 is 3.00 bits per heavy atom. The van der Waals surface area contributed by atoms with Gasteiger partial charge in [0.25, 0.3) is 0 Å². The summed E-state index contributed by atoms with van der Waals surface area (Å²) in [4.78, 5) is 11.5. The van der Waals surface area contributed by atoms with Crippen LogP contribution >= 0.6 is 11.6 Å². The molecule has 0 radical (unpaired) electrons. The number of benzene rings is 1. The summed E-state index contributed by atoms with van der Waals surface area (Å²) in [5, 5.41) is 4.51. The summed E-state index contributed by atoms with van der Waals surface area (Å²) >= 11 is 5.81. The molecule has 0 unspecified atom stereocenters. The first-order chi connectivity index (χ1) is 8.60. The highest BCUT2D eigenvalue weighted by molar-refractivity contribution is 6.30. The lowest BCUT2D eigenvalue weighted by atomic mass is 10.2. The molecule has 2 aromatic rings. The van der Waals surface area contributed by atoms with Crippen molar-refractivity contribution in [3.63, 3.8) is 0 Å². The van der Waals surface area contributed by atoms with E-state index in [0.29, 0.717) is 22.6 Å². The molecule has 3 nitrogen and oxygen atoms in total. The largest absolute Gasteiger partial charge is 0.294 e. The fraction of sp³-hybridized carbons (Fsp3) is 0.231. The molecule has 0 atom stereocenters. The Balaban J connectivity index is 2.21. The molecule has 1 aromatic carbocycles. The molecular formula is C13H12ClFN2O. The van der Waals surface area contributed by atoms with Crippen molar-refractivity contribution in [2.24, 2.45) is 0 Å². The minimum absolute atomic E-state index is 0.0211. The molecule has 94 valence electrons. The van der Waals surface area contributed by atoms with Crippen molar-refractivity contribution in [2.45, 2.75) is 19.9 Å². The molecule has 5 heteroatoms. The number of nitrogens with zero attached hydrogens (tertiary/aromatic N) is 2. The Morgan fingerprint density at radius 2 is 2.28 bits per heavy atom. The minimum atomic E-state index is -0.335. The number of aromatic nitrogens is 2. The first-order valence-electron chi connectivity index (χ1n) is 5.59. The van der Waals surface area contributed by atoms with Gasteiger partial charge in [-0.1, -0.05) is 18.5 Å². The average Bonchev–Trinajstić information content (AvgIpc) is 2.81. The first-order valence-corrected chi connectivity index (χ1v) is 5.97. The highest BCUT2D eigenvalue weighted by atomic mass is 35.5. The third kappa shape index (κ3) is 2.76. The van der Waals surface area contributed by atoms with E-state index in [1.807, 2.05) is 0 Å². The van der Waals surface area contributed by atoms with Gasteiger partial charge in [-0.25, -0.2) is 4.39 Å². The van der Waals surface area contributed by atoms with Gasteiger partial charge in [0.15, 0.2) is 5.78 Å². The first kappa shape index (κ1) is 12.8. The van der Waals surface area contributed by atoms with Crippen molar-refractivity contribution in [1.82, 2.24) is 9.78 Å². The van der Waals surface area contributed by atoms with Crippen LogP contribution in [0.2, 0.25) is 5.02 Å². The second-order valence-corrected chi connectivity index (χ2v) is 4.38. The molecule has 1 heterocycles. The fourth-order valence-electron chi connectivity index (χ4n) is 1.64. The molecule has 0 aliphatic rings. The molecule has 0 spiro atoms. The zero-order valence-electron chi connectivity index (χ0n) is 9.86. The maximum Gasteiger partial charge on any atom is 0.165 e. The Hall–Kier alpha value is -1.68. The van der Waals surface area contributed by atoms with Crippen molar-refractivity contribution in [2.75, 3.05) is 0 Å². The van der Waals surface area contributed by atoms with Gasteiger partial charge in [0.2, 0.25) is 0 Å². The highest BCUT2D eigenvalue weighted by Crippen LogP contribution is 2.16. The molecule has 2 rings (SSSR count). The zero-order valence-corrected chi connectivity index (χ0v) is 10.6. The number of hydrogen-bond acceptors (Lipinski definition) is 2. The molecule has 0 aliphatic carbocycles. The summed E-state index contributed by atoms with van der Waals surface area (Å²) in [5.74, 6) is -0.314. The third-order valence-corrected chi connectivity index (χ3v) is 2.85. The zero-order chi connectivity index (χ0) is 13.1. The van der Waals surface area contributed by atoms with E-state index in [9.17, 15) is 9.18 Å². The topological polar surface area (TPSA) is 34.9 Å². The highest BCUT2D eigenvalue weighted by Gasteiger charge is 2.08. The van der Waals surface area contributed by atoms with E-state index < -0.39 is 0 Å². The van der Waals surface area contributed by atoms with Gasteiger partial charge in [-0.15, -0.1) is 0 Å². The van der Waals surface area contributed by atoms with Crippen LogP contribution in [0.5, 0.6) is 0 Å². The average molecular weight is 267 g/mol. The molecular weight excluding hydrogens is 255 g/mol. The molecule has 0 amide bonds. The lowest BCUT2D eigenvalue weighted by Gasteiger charge is -2.04. The SMILES string of the molecule is CCC(=O)c1cnn(Cc2cc(Cl)ccc2F)c1. The van der Waals surface area contributed by atoms with Gasteiger partial charge in [-0.2, -0.15) is 5.10 Å². The molecule has 0 fully saturated rings. The van der Waals surface area contributed by atoms with Crippen molar-refractivity contribution in [1.29, 1.82) is 0 Å². The van der Waals surface area contributed by atoms with Gasteiger partial charge in [-0.05, 0) is 18.2 Å². The maximum atomic E-state index is 13.5. The van der Waals surface area contributed by atoms with E-state index in [1.165, 1.54) is 23.0 Å². The molecule has 0 N–H and O–H groups in total. The number of hydrogen-bond donors (Lipinski definition) is 0. The Labute approximate surface area is 109 Å². The molecule has 1 aromatic heterocycles. The van der Waals surface area contributed by atoms with E-state index in [1.54, 1.807) is 19.2 Å². The van der Waals surface area contributed by atoms with Crippen LogP contribution in [0.3, 0.4) is 0 Å². The summed E-state index contributed by atoms with van der Waals surface area (Å²) in [7, 11) is 0. The maximum absolute atomic E-state index is 13.5. The van der Waals surface area contributed by atoms with Gasteiger partial charge in [-0.3, -0.25) is 9.48 Å². The van der Waals surface area contributed by atoms with Crippen LogP contribution in [0.15, 0.2) is 30.6 Å². The van der Waals surface area contributed by atoms with E-state index in [2.05, 4.69) is 5.10 Å². The van der Waals surface area contributed by atoms with E-state index in [0.717, 1.165) is 0 Å². The predicted octanol–water partition coefficient (Wildman–Crippen LogP) is 3.32. The van der Waals surface area contributed by atoms with Crippen LogP contribution in [-0.4, -0.2) is 15.6 Å². The second kappa shape index (κ2) is 5.31. The number of halogens is 2. The summed E-state index contributed by atoms with van der Waals surface area (Å²) in [6.45, 7) is 2.04. The summed E-state index contributed by atoms with van der Waals surface area (Å²) in [6, 6.07) is 4.37. The summed E-state index contributed by atoms with van der Waals surface area (Å²) in [5.41, 5.74) is 0.987. The van der Waals surface area contributed by atoms with Crippen LogP contribution in [0.4, 0.5) is 4.39 Å². The van der Waals surface area contributed by atoms with Crippen LogP contribution in [-0.2, 0) is 6.54 Å². The van der Waals surface area contributed by atoms with Crippen LogP contribution in [0.1, 0.15) is 29.3 Å². The summed E-state index contributed by atoms with van der Waals surface area (Å²) < 4.78 is 15.0. The standard InChI is InChI=1S/C13H12ClFN2O/c1-2-13(18)10-6-16-17(8-10)7-9-5-11(14)3-4-12(9)15/h3-6,8H,2,7H2,1H3. The van der Waals surface area contributed by atoms with Crippen LogP contribution in [0, 0.1) is 5.82 Å².